The molecule has 0 aromatic heterocycles. The van der Waals surface area contributed by atoms with Crippen LogP contribution in [0.2, 0.25) is 0 Å². The number of hydrogen-bond acceptors (Lipinski definition) is 4. The van der Waals surface area contributed by atoms with Crippen molar-refractivity contribution in [1.29, 1.82) is 5.26 Å². The molecular formula is C17H22N2O2. The third-order valence-electron chi connectivity index (χ3n) is 3.19. The zero-order valence-corrected chi connectivity index (χ0v) is 12.9. The highest BCUT2D eigenvalue weighted by Crippen LogP contribution is 2.20. The first-order valence-corrected chi connectivity index (χ1v) is 7.00. The van der Waals surface area contributed by atoms with Crippen molar-refractivity contribution >= 4 is 0 Å². The molecule has 0 spiro atoms. The summed E-state index contributed by atoms with van der Waals surface area (Å²) in [5.74, 6) is 6.25. The van der Waals surface area contributed by atoms with Gasteiger partial charge in [0, 0.05) is 25.6 Å². The molecule has 4 heteroatoms. The van der Waals surface area contributed by atoms with E-state index >= 15 is 0 Å². The minimum absolute atomic E-state index is 0.173. The van der Waals surface area contributed by atoms with Crippen molar-refractivity contribution in [2.24, 2.45) is 0 Å². The van der Waals surface area contributed by atoms with Crippen molar-refractivity contribution in [1.82, 2.24) is 4.90 Å². The second-order valence-corrected chi connectivity index (χ2v) is 4.97. The largest absolute Gasteiger partial charge is 0.495 e. The minimum Gasteiger partial charge on any atom is -0.495 e. The van der Waals surface area contributed by atoms with E-state index < -0.39 is 0 Å². The van der Waals surface area contributed by atoms with Crippen LogP contribution in [0.3, 0.4) is 0 Å². The number of benzene rings is 1. The Morgan fingerprint density at radius 2 is 2.14 bits per heavy atom. The summed E-state index contributed by atoms with van der Waals surface area (Å²) in [7, 11) is 1.60. The van der Waals surface area contributed by atoms with Gasteiger partial charge in [-0.05, 0) is 31.5 Å². The van der Waals surface area contributed by atoms with Gasteiger partial charge in [-0.3, -0.25) is 4.90 Å². The Morgan fingerprint density at radius 3 is 2.71 bits per heavy atom. The molecule has 0 fully saturated rings. The van der Waals surface area contributed by atoms with Gasteiger partial charge >= 0.3 is 0 Å². The molecule has 1 rings (SSSR count). The maximum Gasteiger partial charge on any atom is 0.134 e. The van der Waals surface area contributed by atoms with Crippen molar-refractivity contribution < 1.29 is 9.84 Å². The van der Waals surface area contributed by atoms with Crippen LogP contribution < -0.4 is 4.74 Å². The van der Waals surface area contributed by atoms with Crippen LogP contribution in [-0.2, 0) is 6.54 Å². The highest BCUT2D eigenvalue weighted by molar-refractivity contribution is 5.48. The number of rotatable bonds is 6. The molecule has 0 aliphatic carbocycles. The fraction of sp³-hybridized carbons (Fsp3) is 0.471. The summed E-state index contributed by atoms with van der Waals surface area (Å²) in [5, 5.41) is 17.6. The van der Waals surface area contributed by atoms with Gasteiger partial charge in [-0.25, -0.2) is 0 Å². The van der Waals surface area contributed by atoms with Gasteiger partial charge in [0.15, 0.2) is 0 Å². The predicted molar refractivity (Wildman–Crippen MR) is 82.7 cm³/mol. The molecule has 4 nitrogen and oxygen atoms in total. The van der Waals surface area contributed by atoms with E-state index in [1.54, 1.807) is 7.11 Å². The summed E-state index contributed by atoms with van der Waals surface area (Å²) < 4.78 is 5.27. The topological polar surface area (TPSA) is 56.5 Å². The third kappa shape index (κ3) is 5.47. The molecule has 0 heterocycles. The molecule has 1 aromatic rings. The Kier molecular flexibility index (Phi) is 7.32. The zero-order valence-electron chi connectivity index (χ0n) is 12.9. The van der Waals surface area contributed by atoms with Gasteiger partial charge < -0.3 is 9.84 Å². The first-order chi connectivity index (χ1) is 10.1. The Balaban J connectivity index is 2.94. The van der Waals surface area contributed by atoms with E-state index in [0.29, 0.717) is 18.2 Å². The van der Waals surface area contributed by atoms with Crippen LogP contribution >= 0.6 is 0 Å². The molecule has 0 radical (unpaired) electrons. The first kappa shape index (κ1) is 17.0. The van der Waals surface area contributed by atoms with Crippen molar-refractivity contribution in [3.8, 4) is 23.7 Å². The van der Waals surface area contributed by atoms with Crippen LogP contribution in [0.5, 0.6) is 5.75 Å². The number of ether oxygens (including phenoxy) is 1. The molecule has 1 N–H and O–H groups in total. The number of nitrogens with zero attached hydrogens (tertiary/aromatic N) is 2. The van der Waals surface area contributed by atoms with Gasteiger partial charge in [0.2, 0.25) is 0 Å². The first-order valence-electron chi connectivity index (χ1n) is 7.00. The van der Waals surface area contributed by atoms with Gasteiger partial charge in [-0.15, -0.1) is 0 Å². The Hall–Kier alpha value is -2.01. The Bertz CT molecular complexity index is 550. The molecule has 0 amide bonds. The molecule has 0 bridgehead atoms. The van der Waals surface area contributed by atoms with Crippen LogP contribution in [0.4, 0.5) is 0 Å². The van der Waals surface area contributed by atoms with Gasteiger partial charge in [-0.1, -0.05) is 17.9 Å². The molecular weight excluding hydrogens is 264 g/mol. The monoisotopic (exact) mass is 286 g/mol. The zero-order chi connectivity index (χ0) is 15.7. The molecule has 0 saturated heterocycles. The van der Waals surface area contributed by atoms with Crippen LogP contribution in [0.1, 0.15) is 31.4 Å². The summed E-state index contributed by atoms with van der Waals surface area (Å²) in [5.41, 5.74) is 1.89. The number of aliphatic hydroxyl groups excluding tert-OH is 1. The van der Waals surface area contributed by atoms with Crippen LogP contribution in [-0.4, -0.2) is 36.3 Å². The lowest BCUT2D eigenvalue weighted by atomic mass is 10.1. The van der Waals surface area contributed by atoms with E-state index in [0.717, 1.165) is 24.2 Å². The summed E-state index contributed by atoms with van der Waals surface area (Å²) in [6.07, 6.45) is 0.519. The average Bonchev–Trinajstić information content (AvgIpc) is 2.49. The SMILES string of the molecule is COc1ccc(CN(CCC#N)C(C)C)cc1C#CCO. The van der Waals surface area contributed by atoms with Crippen molar-refractivity contribution in [3.63, 3.8) is 0 Å². The Labute approximate surface area is 127 Å². The van der Waals surface area contributed by atoms with Crippen molar-refractivity contribution in [2.75, 3.05) is 20.3 Å². The second-order valence-electron chi connectivity index (χ2n) is 4.97. The summed E-state index contributed by atoms with van der Waals surface area (Å²) in [6.45, 7) is 5.57. The summed E-state index contributed by atoms with van der Waals surface area (Å²) >= 11 is 0. The normalized spacial score (nSPS) is 10.1. The number of methoxy groups -OCH3 is 1. The predicted octanol–water partition coefficient (Wildman–Crippen LogP) is 2.16. The highest BCUT2D eigenvalue weighted by atomic mass is 16.5. The molecule has 0 unspecified atom stereocenters. The minimum atomic E-state index is -0.173. The fourth-order valence-electron chi connectivity index (χ4n) is 2.03. The highest BCUT2D eigenvalue weighted by Gasteiger charge is 2.11. The Morgan fingerprint density at radius 1 is 1.38 bits per heavy atom. The van der Waals surface area contributed by atoms with Gasteiger partial charge in [0.25, 0.3) is 0 Å². The molecule has 0 atom stereocenters. The molecule has 21 heavy (non-hydrogen) atoms. The quantitative estimate of drug-likeness (QED) is 0.814. The van der Waals surface area contributed by atoms with Crippen LogP contribution in [0.15, 0.2) is 18.2 Å². The van der Waals surface area contributed by atoms with Crippen molar-refractivity contribution in [2.45, 2.75) is 32.9 Å². The number of aliphatic hydroxyl groups is 1. The van der Waals surface area contributed by atoms with E-state index in [1.807, 2.05) is 18.2 Å². The van der Waals surface area contributed by atoms with E-state index in [4.69, 9.17) is 15.1 Å². The molecule has 112 valence electrons. The van der Waals surface area contributed by atoms with E-state index in [9.17, 15) is 0 Å². The third-order valence-corrected chi connectivity index (χ3v) is 3.19. The lowest BCUT2D eigenvalue weighted by Crippen LogP contribution is -2.31. The van der Waals surface area contributed by atoms with Gasteiger partial charge in [0.1, 0.15) is 12.4 Å². The molecule has 0 aliphatic rings. The second kappa shape index (κ2) is 9.02. The molecule has 1 aromatic carbocycles. The number of hydrogen-bond donors (Lipinski definition) is 1. The standard InChI is InChI=1S/C17H22N2O2/c1-14(2)19(10-5-9-18)13-15-7-8-17(21-3)16(12-15)6-4-11-20/h7-8,12,14,20H,5,10-11,13H2,1-3H3. The number of nitriles is 1. The lowest BCUT2D eigenvalue weighted by molar-refractivity contribution is 0.218. The van der Waals surface area contributed by atoms with E-state index in [-0.39, 0.29) is 6.61 Å². The summed E-state index contributed by atoms with van der Waals surface area (Å²) in [6, 6.07) is 8.42. The fourth-order valence-corrected chi connectivity index (χ4v) is 2.03. The smallest absolute Gasteiger partial charge is 0.134 e. The van der Waals surface area contributed by atoms with Crippen molar-refractivity contribution in [3.05, 3.63) is 29.3 Å². The van der Waals surface area contributed by atoms with E-state index in [1.165, 1.54) is 0 Å². The van der Waals surface area contributed by atoms with Crippen LogP contribution in [0.25, 0.3) is 0 Å². The van der Waals surface area contributed by atoms with E-state index in [2.05, 4.69) is 36.7 Å². The molecule has 0 aliphatic heterocycles. The maximum absolute atomic E-state index is 8.82. The molecule has 0 saturated carbocycles. The van der Waals surface area contributed by atoms with Gasteiger partial charge in [-0.2, -0.15) is 5.26 Å². The van der Waals surface area contributed by atoms with Crippen LogP contribution in [0, 0.1) is 23.2 Å². The maximum atomic E-state index is 8.82. The summed E-state index contributed by atoms with van der Waals surface area (Å²) in [4.78, 5) is 2.24. The van der Waals surface area contributed by atoms with Gasteiger partial charge in [0.05, 0.1) is 18.7 Å². The average molecular weight is 286 g/mol. The lowest BCUT2D eigenvalue weighted by Gasteiger charge is -2.25.